The minimum atomic E-state index is -0.332. The van der Waals surface area contributed by atoms with Gasteiger partial charge in [-0.1, -0.05) is 12.8 Å². The summed E-state index contributed by atoms with van der Waals surface area (Å²) in [5, 5.41) is 10.4. The standard InChI is InChI=1S/C11H20ClNO/c12-6-8-13-7-5-11(14)4-2-1-3-10(11)9-13/h10,14H,1-9H2. The van der Waals surface area contributed by atoms with E-state index in [0.717, 1.165) is 32.5 Å². The largest absolute Gasteiger partial charge is 0.390 e. The van der Waals surface area contributed by atoms with E-state index in [1.54, 1.807) is 0 Å². The van der Waals surface area contributed by atoms with Gasteiger partial charge in [0.15, 0.2) is 0 Å². The van der Waals surface area contributed by atoms with Crippen LogP contribution >= 0.6 is 11.6 Å². The number of rotatable bonds is 2. The molecule has 0 radical (unpaired) electrons. The monoisotopic (exact) mass is 217 g/mol. The van der Waals surface area contributed by atoms with Gasteiger partial charge in [-0.3, -0.25) is 0 Å². The van der Waals surface area contributed by atoms with Crippen LogP contribution in [0.25, 0.3) is 0 Å². The lowest BCUT2D eigenvalue weighted by atomic mass is 9.71. The first kappa shape index (κ1) is 10.7. The molecular weight excluding hydrogens is 198 g/mol. The topological polar surface area (TPSA) is 23.5 Å². The van der Waals surface area contributed by atoms with Gasteiger partial charge in [0.25, 0.3) is 0 Å². The molecule has 0 aromatic rings. The van der Waals surface area contributed by atoms with E-state index in [-0.39, 0.29) is 5.60 Å². The Morgan fingerprint density at radius 2 is 2.21 bits per heavy atom. The van der Waals surface area contributed by atoms with E-state index < -0.39 is 0 Å². The van der Waals surface area contributed by atoms with E-state index in [4.69, 9.17) is 11.6 Å². The van der Waals surface area contributed by atoms with Crippen LogP contribution < -0.4 is 0 Å². The summed E-state index contributed by atoms with van der Waals surface area (Å²) in [5.74, 6) is 1.22. The quantitative estimate of drug-likeness (QED) is 0.714. The maximum absolute atomic E-state index is 10.4. The van der Waals surface area contributed by atoms with Crippen molar-refractivity contribution in [2.75, 3.05) is 25.5 Å². The van der Waals surface area contributed by atoms with E-state index in [1.807, 2.05) is 0 Å². The molecule has 0 aromatic heterocycles. The van der Waals surface area contributed by atoms with Crippen molar-refractivity contribution in [2.24, 2.45) is 5.92 Å². The van der Waals surface area contributed by atoms with Gasteiger partial charge in [-0.05, 0) is 19.3 Å². The molecule has 82 valence electrons. The van der Waals surface area contributed by atoms with Gasteiger partial charge in [0.1, 0.15) is 0 Å². The zero-order chi connectivity index (χ0) is 10.0. The van der Waals surface area contributed by atoms with Gasteiger partial charge in [-0.15, -0.1) is 11.6 Å². The number of alkyl halides is 1. The first-order valence-electron chi connectivity index (χ1n) is 5.75. The Morgan fingerprint density at radius 1 is 1.36 bits per heavy atom. The fourth-order valence-corrected chi connectivity index (χ4v) is 3.20. The second-order valence-corrected chi connectivity index (χ2v) is 5.16. The maximum Gasteiger partial charge on any atom is 0.0700 e. The second-order valence-electron chi connectivity index (χ2n) is 4.79. The molecule has 2 unspecified atom stereocenters. The minimum absolute atomic E-state index is 0.332. The zero-order valence-corrected chi connectivity index (χ0v) is 9.47. The van der Waals surface area contributed by atoms with E-state index in [1.165, 1.54) is 19.3 Å². The molecule has 1 saturated carbocycles. The Balaban J connectivity index is 1.95. The number of aliphatic hydroxyl groups is 1. The van der Waals surface area contributed by atoms with E-state index in [9.17, 15) is 5.11 Å². The van der Waals surface area contributed by atoms with Crippen molar-refractivity contribution >= 4 is 11.6 Å². The number of halogens is 1. The lowest BCUT2D eigenvalue weighted by Crippen LogP contribution is -2.53. The summed E-state index contributed by atoms with van der Waals surface area (Å²) in [6.07, 6.45) is 5.68. The number of nitrogens with zero attached hydrogens (tertiary/aromatic N) is 1. The summed E-state index contributed by atoms with van der Waals surface area (Å²) in [5.41, 5.74) is -0.332. The lowest BCUT2D eigenvalue weighted by Gasteiger charge is -2.47. The fourth-order valence-electron chi connectivity index (χ4n) is 2.96. The Bertz CT molecular complexity index is 200. The fraction of sp³-hybridized carbons (Fsp3) is 1.00. The van der Waals surface area contributed by atoms with Gasteiger partial charge in [0.2, 0.25) is 0 Å². The maximum atomic E-state index is 10.4. The molecule has 2 fully saturated rings. The van der Waals surface area contributed by atoms with Crippen LogP contribution in [0.1, 0.15) is 32.1 Å². The lowest BCUT2D eigenvalue weighted by molar-refractivity contribution is -0.0942. The van der Waals surface area contributed by atoms with Crippen LogP contribution in [-0.4, -0.2) is 41.1 Å². The number of fused-ring (bicyclic) bond motifs is 1. The predicted octanol–water partition coefficient (Wildman–Crippen LogP) is 1.85. The molecule has 1 N–H and O–H groups in total. The van der Waals surface area contributed by atoms with Gasteiger partial charge in [0, 0.05) is 31.4 Å². The molecule has 1 aliphatic carbocycles. The molecule has 3 heteroatoms. The van der Waals surface area contributed by atoms with Crippen LogP contribution in [0.5, 0.6) is 0 Å². The molecule has 0 amide bonds. The van der Waals surface area contributed by atoms with Crippen molar-refractivity contribution < 1.29 is 5.11 Å². The molecule has 2 aliphatic rings. The molecule has 2 rings (SSSR count). The number of hydrogen-bond donors (Lipinski definition) is 1. The van der Waals surface area contributed by atoms with Crippen molar-refractivity contribution in [3.8, 4) is 0 Å². The Labute approximate surface area is 91.2 Å². The van der Waals surface area contributed by atoms with Gasteiger partial charge >= 0.3 is 0 Å². The van der Waals surface area contributed by atoms with Gasteiger partial charge in [0.05, 0.1) is 5.60 Å². The summed E-state index contributed by atoms with van der Waals surface area (Å²) >= 11 is 5.74. The SMILES string of the molecule is OC12CCCCC1CN(CCCl)CC2. The highest BCUT2D eigenvalue weighted by Crippen LogP contribution is 2.39. The number of hydrogen-bond acceptors (Lipinski definition) is 2. The molecule has 0 bridgehead atoms. The van der Waals surface area contributed by atoms with Gasteiger partial charge < -0.3 is 10.0 Å². The summed E-state index contributed by atoms with van der Waals surface area (Å²) < 4.78 is 0. The molecule has 14 heavy (non-hydrogen) atoms. The third-order valence-corrected chi connectivity index (χ3v) is 4.08. The Morgan fingerprint density at radius 3 is 3.00 bits per heavy atom. The summed E-state index contributed by atoms with van der Waals surface area (Å²) in [7, 11) is 0. The normalized spacial score (nSPS) is 39.4. The summed E-state index contributed by atoms with van der Waals surface area (Å²) in [6.45, 7) is 3.07. The Hall–Kier alpha value is 0.210. The average molecular weight is 218 g/mol. The molecule has 2 nitrogen and oxygen atoms in total. The van der Waals surface area contributed by atoms with Crippen LogP contribution in [0.15, 0.2) is 0 Å². The van der Waals surface area contributed by atoms with Crippen molar-refractivity contribution in [1.82, 2.24) is 4.90 Å². The van der Waals surface area contributed by atoms with Crippen molar-refractivity contribution in [3.05, 3.63) is 0 Å². The first-order chi connectivity index (χ1) is 6.74. The van der Waals surface area contributed by atoms with Crippen LogP contribution in [0.3, 0.4) is 0 Å². The first-order valence-corrected chi connectivity index (χ1v) is 6.29. The van der Waals surface area contributed by atoms with Gasteiger partial charge in [-0.2, -0.15) is 0 Å². The summed E-state index contributed by atoms with van der Waals surface area (Å²) in [4.78, 5) is 2.40. The number of piperidine rings is 1. The van der Waals surface area contributed by atoms with Crippen molar-refractivity contribution in [1.29, 1.82) is 0 Å². The highest BCUT2D eigenvalue weighted by molar-refractivity contribution is 6.18. The highest BCUT2D eigenvalue weighted by atomic mass is 35.5. The van der Waals surface area contributed by atoms with Crippen molar-refractivity contribution in [3.63, 3.8) is 0 Å². The van der Waals surface area contributed by atoms with E-state index in [2.05, 4.69) is 4.90 Å². The Kier molecular flexibility index (Phi) is 3.35. The van der Waals surface area contributed by atoms with Crippen LogP contribution in [0.4, 0.5) is 0 Å². The third kappa shape index (κ3) is 2.07. The third-order valence-electron chi connectivity index (χ3n) is 3.91. The summed E-state index contributed by atoms with van der Waals surface area (Å²) in [6, 6.07) is 0. The molecule has 0 aromatic carbocycles. The van der Waals surface area contributed by atoms with Crippen LogP contribution in [0.2, 0.25) is 0 Å². The predicted molar refractivity (Wildman–Crippen MR) is 58.7 cm³/mol. The van der Waals surface area contributed by atoms with Crippen LogP contribution in [0, 0.1) is 5.92 Å². The van der Waals surface area contributed by atoms with E-state index in [0.29, 0.717) is 11.8 Å². The minimum Gasteiger partial charge on any atom is -0.390 e. The van der Waals surface area contributed by atoms with E-state index >= 15 is 0 Å². The van der Waals surface area contributed by atoms with Gasteiger partial charge in [-0.25, -0.2) is 0 Å². The molecule has 1 heterocycles. The molecular formula is C11H20ClNO. The molecule has 1 saturated heterocycles. The highest BCUT2D eigenvalue weighted by Gasteiger charge is 2.42. The molecule has 0 spiro atoms. The smallest absolute Gasteiger partial charge is 0.0700 e. The number of likely N-dealkylation sites (tertiary alicyclic amines) is 1. The van der Waals surface area contributed by atoms with Crippen molar-refractivity contribution in [2.45, 2.75) is 37.7 Å². The molecule has 1 aliphatic heterocycles. The molecule has 2 atom stereocenters. The van der Waals surface area contributed by atoms with Crippen LogP contribution in [-0.2, 0) is 0 Å². The average Bonchev–Trinajstić information content (AvgIpc) is 2.19. The second kappa shape index (κ2) is 4.38. The zero-order valence-electron chi connectivity index (χ0n) is 8.71.